The van der Waals surface area contributed by atoms with Crippen LogP contribution >= 0.6 is 15.9 Å². The van der Waals surface area contributed by atoms with Crippen LogP contribution in [0.4, 0.5) is 0 Å². The zero-order chi connectivity index (χ0) is 9.90. The Balaban J connectivity index is 2.90. The van der Waals surface area contributed by atoms with Crippen molar-refractivity contribution in [3.8, 4) is 0 Å². The van der Waals surface area contributed by atoms with E-state index in [1.54, 1.807) is 0 Å². The van der Waals surface area contributed by atoms with Gasteiger partial charge in [0.2, 0.25) is 0 Å². The van der Waals surface area contributed by atoms with E-state index >= 15 is 0 Å². The van der Waals surface area contributed by atoms with Crippen molar-refractivity contribution in [2.45, 2.75) is 20.8 Å². The summed E-state index contributed by atoms with van der Waals surface area (Å²) in [6.45, 7) is 6.57. The third-order valence-electron chi connectivity index (χ3n) is 1.81. The maximum Gasteiger partial charge on any atom is 0.00102 e. The smallest absolute Gasteiger partial charge is 0.00102 e. The van der Waals surface area contributed by atoms with E-state index in [1.807, 2.05) is 6.07 Å². The first-order chi connectivity index (χ1) is 6.00. The summed E-state index contributed by atoms with van der Waals surface area (Å²) < 4.78 is 1.23. The fraction of sp³-hybridized carbons (Fsp3) is 0.333. The molecule has 0 radical (unpaired) electrons. The highest BCUT2D eigenvalue weighted by Crippen LogP contribution is 2.31. The highest BCUT2D eigenvalue weighted by atomic mass is 79.9. The number of halogens is 1. The molecule has 0 aliphatic heterocycles. The lowest BCUT2D eigenvalue weighted by Crippen LogP contribution is -2.03. The van der Waals surface area contributed by atoms with E-state index in [4.69, 9.17) is 0 Å². The Morgan fingerprint density at radius 1 is 1.15 bits per heavy atom. The first kappa shape index (κ1) is 10.5. The molecule has 0 saturated heterocycles. The maximum atomic E-state index is 3.60. The van der Waals surface area contributed by atoms with Crippen LogP contribution in [0.25, 0.3) is 6.08 Å². The second-order valence-corrected chi connectivity index (χ2v) is 5.01. The average molecular weight is 239 g/mol. The number of benzene rings is 1. The highest BCUT2D eigenvalue weighted by Gasteiger charge is 2.13. The molecular formula is C12H15Br. The summed E-state index contributed by atoms with van der Waals surface area (Å²) in [6, 6.07) is 10.3. The minimum atomic E-state index is 0.190. The van der Waals surface area contributed by atoms with Crippen LogP contribution in [0, 0.1) is 5.41 Å². The molecular weight excluding hydrogens is 224 g/mol. The number of hydrogen-bond acceptors (Lipinski definition) is 0. The van der Waals surface area contributed by atoms with Crippen LogP contribution in [0.1, 0.15) is 26.3 Å². The van der Waals surface area contributed by atoms with E-state index in [0.717, 1.165) is 0 Å². The van der Waals surface area contributed by atoms with Crippen molar-refractivity contribution in [2.75, 3.05) is 0 Å². The monoisotopic (exact) mass is 238 g/mol. The van der Waals surface area contributed by atoms with E-state index in [0.29, 0.717) is 0 Å². The fourth-order valence-electron chi connectivity index (χ4n) is 0.912. The Labute approximate surface area is 88.8 Å². The van der Waals surface area contributed by atoms with Gasteiger partial charge >= 0.3 is 0 Å². The van der Waals surface area contributed by atoms with Gasteiger partial charge < -0.3 is 0 Å². The second kappa shape index (κ2) is 4.10. The summed E-state index contributed by atoms with van der Waals surface area (Å²) in [4.78, 5) is 0. The third kappa shape index (κ3) is 3.35. The number of rotatable bonds is 1. The summed E-state index contributed by atoms with van der Waals surface area (Å²) in [5, 5.41) is 0. The van der Waals surface area contributed by atoms with Crippen molar-refractivity contribution in [2.24, 2.45) is 5.41 Å². The third-order valence-corrected chi connectivity index (χ3v) is 3.23. The van der Waals surface area contributed by atoms with Crippen LogP contribution < -0.4 is 0 Å². The van der Waals surface area contributed by atoms with Crippen molar-refractivity contribution in [3.05, 3.63) is 40.4 Å². The van der Waals surface area contributed by atoms with Gasteiger partial charge in [0, 0.05) is 4.48 Å². The lowest BCUT2D eigenvalue weighted by molar-refractivity contribution is 0.539. The molecule has 70 valence electrons. The molecule has 0 aliphatic carbocycles. The molecule has 0 heterocycles. The molecule has 1 rings (SSSR count). The molecule has 0 N–H and O–H groups in total. The second-order valence-electron chi connectivity index (χ2n) is 4.15. The molecule has 13 heavy (non-hydrogen) atoms. The maximum absolute atomic E-state index is 3.60. The van der Waals surface area contributed by atoms with Crippen LogP contribution in [0.5, 0.6) is 0 Å². The van der Waals surface area contributed by atoms with Crippen molar-refractivity contribution in [1.29, 1.82) is 0 Å². The van der Waals surface area contributed by atoms with Crippen LogP contribution in [-0.4, -0.2) is 0 Å². The van der Waals surface area contributed by atoms with E-state index in [9.17, 15) is 0 Å². The molecule has 0 amide bonds. The van der Waals surface area contributed by atoms with Crippen molar-refractivity contribution in [1.82, 2.24) is 0 Å². The molecule has 1 aromatic rings. The first-order valence-electron chi connectivity index (χ1n) is 4.43. The Kier molecular flexibility index (Phi) is 3.32. The Bertz CT molecular complexity index is 291. The quantitative estimate of drug-likeness (QED) is 0.678. The molecule has 0 aliphatic rings. The Morgan fingerprint density at radius 3 is 2.15 bits per heavy atom. The molecule has 0 unspecified atom stereocenters. The molecule has 0 nitrogen and oxygen atoms in total. The van der Waals surface area contributed by atoms with Crippen LogP contribution in [-0.2, 0) is 0 Å². The van der Waals surface area contributed by atoms with Crippen molar-refractivity contribution >= 4 is 22.0 Å². The van der Waals surface area contributed by atoms with Gasteiger partial charge in [-0.25, -0.2) is 0 Å². The van der Waals surface area contributed by atoms with Crippen LogP contribution in [0.15, 0.2) is 34.8 Å². The van der Waals surface area contributed by atoms with Gasteiger partial charge in [-0.1, -0.05) is 67.0 Å². The summed E-state index contributed by atoms with van der Waals surface area (Å²) in [5.74, 6) is 0. The van der Waals surface area contributed by atoms with Crippen molar-refractivity contribution in [3.63, 3.8) is 0 Å². The lowest BCUT2D eigenvalue weighted by Gasteiger charge is -2.17. The number of hydrogen-bond donors (Lipinski definition) is 0. The lowest BCUT2D eigenvalue weighted by atomic mass is 9.95. The molecule has 0 aromatic heterocycles. The predicted molar refractivity (Wildman–Crippen MR) is 62.8 cm³/mol. The Morgan fingerprint density at radius 2 is 1.69 bits per heavy atom. The van der Waals surface area contributed by atoms with Gasteiger partial charge in [0.15, 0.2) is 0 Å². The average Bonchev–Trinajstić information content (AvgIpc) is 2.04. The summed E-state index contributed by atoms with van der Waals surface area (Å²) in [5.41, 5.74) is 1.43. The molecule has 0 bridgehead atoms. The van der Waals surface area contributed by atoms with E-state index in [-0.39, 0.29) is 5.41 Å². The van der Waals surface area contributed by atoms with Crippen LogP contribution in [0.3, 0.4) is 0 Å². The largest absolute Gasteiger partial charge is 0.0622 e. The molecule has 1 heteroatoms. The molecule has 1 aromatic carbocycles. The van der Waals surface area contributed by atoms with E-state index in [2.05, 4.69) is 67.0 Å². The van der Waals surface area contributed by atoms with Gasteiger partial charge in [-0.2, -0.15) is 0 Å². The molecule has 0 fully saturated rings. The van der Waals surface area contributed by atoms with Gasteiger partial charge in [-0.15, -0.1) is 0 Å². The summed E-state index contributed by atoms with van der Waals surface area (Å²) >= 11 is 3.60. The summed E-state index contributed by atoms with van der Waals surface area (Å²) in [7, 11) is 0. The fourth-order valence-corrected chi connectivity index (χ4v) is 1.18. The topological polar surface area (TPSA) is 0 Å². The highest BCUT2D eigenvalue weighted by molar-refractivity contribution is 9.11. The van der Waals surface area contributed by atoms with E-state index in [1.165, 1.54) is 10.0 Å². The Hall–Kier alpha value is -0.560. The van der Waals surface area contributed by atoms with Crippen molar-refractivity contribution < 1.29 is 0 Å². The van der Waals surface area contributed by atoms with E-state index < -0.39 is 0 Å². The standard InChI is InChI=1S/C12H15Br/c1-12(2,3)11(13)9-10-7-5-4-6-8-10/h4-9H,1-3H3/b11-9-. The molecule has 0 saturated carbocycles. The zero-order valence-corrected chi connectivity index (χ0v) is 9.93. The van der Waals surface area contributed by atoms with Gasteiger partial charge in [-0.3, -0.25) is 0 Å². The van der Waals surface area contributed by atoms with Crippen LogP contribution in [0.2, 0.25) is 0 Å². The molecule has 0 atom stereocenters. The predicted octanol–water partition coefficient (Wildman–Crippen LogP) is 4.47. The minimum Gasteiger partial charge on any atom is -0.0622 e. The summed E-state index contributed by atoms with van der Waals surface area (Å²) in [6.07, 6.45) is 2.17. The first-order valence-corrected chi connectivity index (χ1v) is 5.22. The van der Waals surface area contributed by atoms with Gasteiger partial charge in [0.1, 0.15) is 0 Å². The zero-order valence-electron chi connectivity index (χ0n) is 8.34. The molecule has 0 spiro atoms. The SMILES string of the molecule is CC(C)(C)/C(Br)=C/c1ccccc1. The minimum absolute atomic E-state index is 0.190. The van der Waals surface area contributed by atoms with Gasteiger partial charge in [0.25, 0.3) is 0 Å². The van der Waals surface area contributed by atoms with Gasteiger partial charge in [-0.05, 0) is 17.1 Å². The normalized spacial score (nSPS) is 13.1. The number of allylic oxidation sites excluding steroid dienone is 1. The van der Waals surface area contributed by atoms with Gasteiger partial charge in [0.05, 0.1) is 0 Å².